The van der Waals surface area contributed by atoms with E-state index in [1.54, 1.807) is 0 Å². The van der Waals surface area contributed by atoms with E-state index >= 15 is 0 Å². The van der Waals surface area contributed by atoms with Crippen molar-refractivity contribution in [2.45, 2.75) is 45.2 Å². The number of carboxylic acids is 1. The Morgan fingerprint density at radius 3 is 2.88 bits per heavy atom. The molecule has 0 bridgehead atoms. The average molecular weight is 227 g/mol. The molecule has 2 rings (SSSR count). The number of morpholine rings is 1. The van der Waals surface area contributed by atoms with Crippen molar-refractivity contribution in [2.75, 3.05) is 19.8 Å². The highest BCUT2D eigenvalue weighted by molar-refractivity contribution is 5.67. The predicted octanol–water partition coefficient (Wildman–Crippen LogP) is 1.35. The Morgan fingerprint density at radius 2 is 2.31 bits per heavy atom. The largest absolute Gasteiger partial charge is 0.481 e. The first-order chi connectivity index (χ1) is 7.53. The molecule has 2 fully saturated rings. The topological polar surface area (TPSA) is 49.8 Å². The molecule has 0 aromatic rings. The van der Waals surface area contributed by atoms with Crippen molar-refractivity contribution in [3.05, 3.63) is 0 Å². The molecule has 2 unspecified atom stereocenters. The van der Waals surface area contributed by atoms with Gasteiger partial charge in [-0.1, -0.05) is 6.92 Å². The SMILES string of the molecule is CC(N1CCOCC1CC(=O)O)C1(C)CC1. The van der Waals surface area contributed by atoms with Gasteiger partial charge in [0, 0.05) is 18.6 Å². The zero-order chi connectivity index (χ0) is 11.8. The molecule has 4 heteroatoms. The fourth-order valence-corrected chi connectivity index (χ4v) is 2.57. The molecule has 1 saturated heterocycles. The summed E-state index contributed by atoms with van der Waals surface area (Å²) in [5.74, 6) is -0.728. The Balaban J connectivity index is 2.00. The van der Waals surface area contributed by atoms with E-state index in [2.05, 4.69) is 18.7 Å². The van der Waals surface area contributed by atoms with Crippen molar-refractivity contribution in [1.29, 1.82) is 0 Å². The van der Waals surface area contributed by atoms with Gasteiger partial charge in [-0.25, -0.2) is 0 Å². The van der Waals surface area contributed by atoms with Crippen molar-refractivity contribution < 1.29 is 14.6 Å². The van der Waals surface area contributed by atoms with Crippen LogP contribution in [-0.2, 0) is 9.53 Å². The predicted molar refractivity (Wildman–Crippen MR) is 60.4 cm³/mol. The lowest BCUT2D eigenvalue weighted by Crippen LogP contribution is -2.52. The summed E-state index contributed by atoms with van der Waals surface area (Å²) < 4.78 is 5.39. The van der Waals surface area contributed by atoms with Gasteiger partial charge >= 0.3 is 5.97 Å². The molecule has 0 aromatic carbocycles. The minimum Gasteiger partial charge on any atom is -0.481 e. The minimum atomic E-state index is -0.728. The molecular weight excluding hydrogens is 206 g/mol. The van der Waals surface area contributed by atoms with Crippen LogP contribution >= 0.6 is 0 Å². The lowest BCUT2D eigenvalue weighted by atomic mass is 9.96. The van der Waals surface area contributed by atoms with Gasteiger partial charge in [0.25, 0.3) is 0 Å². The van der Waals surface area contributed by atoms with E-state index in [1.807, 2.05) is 0 Å². The van der Waals surface area contributed by atoms with E-state index in [0.29, 0.717) is 18.1 Å². The van der Waals surface area contributed by atoms with E-state index in [0.717, 1.165) is 13.2 Å². The maximum atomic E-state index is 10.8. The lowest BCUT2D eigenvalue weighted by Gasteiger charge is -2.41. The second-order valence-electron chi connectivity index (χ2n) is 5.39. The number of ether oxygens (including phenoxy) is 1. The molecule has 0 amide bonds. The summed E-state index contributed by atoms with van der Waals surface area (Å²) in [5, 5.41) is 8.90. The van der Waals surface area contributed by atoms with Crippen LogP contribution < -0.4 is 0 Å². The van der Waals surface area contributed by atoms with E-state index < -0.39 is 5.97 Å². The molecule has 0 radical (unpaired) electrons. The Kier molecular flexibility index (Phi) is 3.22. The number of hydrogen-bond acceptors (Lipinski definition) is 3. The minimum absolute atomic E-state index is 0.0543. The smallest absolute Gasteiger partial charge is 0.305 e. The standard InChI is InChI=1S/C12H21NO3/c1-9(12(2)3-4-12)13-5-6-16-8-10(13)7-11(14)15/h9-10H,3-8H2,1-2H3,(H,14,15). The van der Waals surface area contributed by atoms with E-state index in [1.165, 1.54) is 12.8 Å². The van der Waals surface area contributed by atoms with Gasteiger partial charge in [-0.15, -0.1) is 0 Å². The molecule has 1 aliphatic heterocycles. The summed E-state index contributed by atoms with van der Waals surface area (Å²) in [6.45, 7) is 6.69. The fourth-order valence-electron chi connectivity index (χ4n) is 2.57. The molecule has 92 valence electrons. The number of aliphatic carboxylic acids is 1. The Hall–Kier alpha value is -0.610. The van der Waals surface area contributed by atoms with Gasteiger partial charge in [0.1, 0.15) is 0 Å². The van der Waals surface area contributed by atoms with Crippen LogP contribution in [0.5, 0.6) is 0 Å². The maximum absolute atomic E-state index is 10.8. The highest BCUT2D eigenvalue weighted by atomic mass is 16.5. The summed E-state index contributed by atoms with van der Waals surface area (Å²) in [7, 11) is 0. The lowest BCUT2D eigenvalue weighted by molar-refractivity contribution is -0.141. The number of nitrogens with zero attached hydrogens (tertiary/aromatic N) is 1. The normalized spacial score (nSPS) is 31.0. The Labute approximate surface area is 96.6 Å². The molecule has 1 N–H and O–H groups in total. The van der Waals surface area contributed by atoms with Crippen LogP contribution in [0.2, 0.25) is 0 Å². The summed E-state index contributed by atoms with van der Waals surface area (Å²) >= 11 is 0. The number of hydrogen-bond donors (Lipinski definition) is 1. The quantitative estimate of drug-likeness (QED) is 0.787. The number of carboxylic acid groups (broad SMARTS) is 1. The van der Waals surface area contributed by atoms with Gasteiger partial charge in [-0.05, 0) is 25.2 Å². The summed E-state index contributed by atoms with van der Waals surface area (Å²) in [5.41, 5.74) is 0.411. The van der Waals surface area contributed by atoms with E-state index in [-0.39, 0.29) is 12.5 Å². The second kappa shape index (κ2) is 4.34. The molecule has 2 atom stereocenters. The zero-order valence-electron chi connectivity index (χ0n) is 10.1. The average Bonchev–Trinajstić information content (AvgIpc) is 2.97. The molecule has 16 heavy (non-hydrogen) atoms. The van der Waals surface area contributed by atoms with Gasteiger partial charge in [0.15, 0.2) is 0 Å². The molecule has 1 heterocycles. The van der Waals surface area contributed by atoms with Gasteiger partial charge in [-0.2, -0.15) is 0 Å². The van der Waals surface area contributed by atoms with Gasteiger partial charge in [-0.3, -0.25) is 9.69 Å². The Morgan fingerprint density at radius 1 is 1.62 bits per heavy atom. The molecule has 0 spiro atoms. The monoisotopic (exact) mass is 227 g/mol. The van der Waals surface area contributed by atoms with Crippen molar-refractivity contribution in [2.24, 2.45) is 5.41 Å². The molecule has 2 aliphatic rings. The third kappa shape index (κ3) is 2.38. The number of rotatable bonds is 4. The van der Waals surface area contributed by atoms with E-state index in [9.17, 15) is 4.79 Å². The molecule has 0 aromatic heterocycles. The fraction of sp³-hybridized carbons (Fsp3) is 0.917. The summed E-state index contributed by atoms with van der Waals surface area (Å²) in [6.07, 6.45) is 2.73. The van der Waals surface area contributed by atoms with Gasteiger partial charge in [0.05, 0.1) is 19.6 Å². The first kappa shape index (κ1) is 11.9. The highest BCUT2D eigenvalue weighted by Gasteiger charge is 2.46. The molecule has 1 aliphatic carbocycles. The van der Waals surface area contributed by atoms with Crippen molar-refractivity contribution in [3.63, 3.8) is 0 Å². The maximum Gasteiger partial charge on any atom is 0.305 e. The molecular formula is C12H21NO3. The number of carbonyl (C=O) groups is 1. The third-order valence-electron chi connectivity index (χ3n) is 4.23. The van der Waals surface area contributed by atoms with Crippen molar-refractivity contribution in [3.8, 4) is 0 Å². The second-order valence-corrected chi connectivity index (χ2v) is 5.39. The van der Waals surface area contributed by atoms with E-state index in [4.69, 9.17) is 9.84 Å². The third-order valence-corrected chi connectivity index (χ3v) is 4.23. The van der Waals surface area contributed by atoms with Gasteiger partial charge < -0.3 is 9.84 Å². The summed E-state index contributed by atoms with van der Waals surface area (Å²) in [4.78, 5) is 13.2. The molecule has 4 nitrogen and oxygen atoms in total. The van der Waals surface area contributed by atoms with Crippen molar-refractivity contribution >= 4 is 5.97 Å². The van der Waals surface area contributed by atoms with Crippen LogP contribution in [0.3, 0.4) is 0 Å². The van der Waals surface area contributed by atoms with Crippen molar-refractivity contribution in [1.82, 2.24) is 4.90 Å². The van der Waals surface area contributed by atoms with Gasteiger partial charge in [0.2, 0.25) is 0 Å². The highest BCUT2D eigenvalue weighted by Crippen LogP contribution is 2.50. The molecule has 1 saturated carbocycles. The zero-order valence-corrected chi connectivity index (χ0v) is 10.1. The van der Waals surface area contributed by atoms with Crippen LogP contribution in [0.15, 0.2) is 0 Å². The first-order valence-corrected chi connectivity index (χ1v) is 6.08. The van der Waals surface area contributed by atoms with Crippen LogP contribution in [0, 0.1) is 5.41 Å². The summed E-state index contributed by atoms with van der Waals surface area (Å²) in [6, 6.07) is 0.527. The van der Waals surface area contributed by atoms with Crippen LogP contribution in [0.4, 0.5) is 0 Å². The van der Waals surface area contributed by atoms with Crippen LogP contribution in [0.25, 0.3) is 0 Å². The Bertz CT molecular complexity index is 275. The van der Waals surface area contributed by atoms with Crippen LogP contribution in [0.1, 0.15) is 33.1 Å². The van der Waals surface area contributed by atoms with Crippen LogP contribution in [-0.4, -0.2) is 47.8 Å². The first-order valence-electron chi connectivity index (χ1n) is 6.08.